The van der Waals surface area contributed by atoms with E-state index in [1.54, 1.807) is 0 Å². The van der Waals surface area contributed by atoms with E-state index in [0.717, 1.165) is 22.6 Å². The Balaban J connectivity index is 1.90. The molecule has 3 aromatic rings. The number of nitrogens with two attached hydrogens (primary N) is 1. The third-order valence-electron chi connectivity index (χ3n) is 3.49. The van der Waals surface area contributed by atoms with E-state index < -0.39 is 0 Å². The number of benzene rings is 3. The molecule has 0 aliphatic rings. The number of hydrogen-bond acceptors (Lipinski definition) is 2. The fourth-order valence-corrected chi connectivity index (χ4v) is 2.33. The van der Waals surface area contributed by atoms with Crippen molar-refractivity contribution in [3.05, 3.63) is 71.8 Å². The summed E-state index contributed by atoms with van der Waals surface area (Å²) in [4.78, 5) is 0. The molecular formula is C18H17NO. The molecule has 2 nitrogen and oxygen atoms in total. The van der Waals surface area contributed by atoms with Gasteiger partial charge >= 0.3 is 0 Å². The lowest BCUT2D eigenvalue weighted by atomic mass is 10.1. The molecule has 0 heterocycles. The Morgan fingerprint density at radius 3 is 2.30 bits per heavy atom. The Kier molecular flexibility index (Phi) is 3.40. The molecule has 3 aromatic carbocycles. The van der Waals surface area contributed by atoms with Gasteiger partial charge in [0.15, 0.2) is 0 Å². The van der Waals surface area contributed by atoms with Crippen LogP contribution < -0.4 is 10.5 Å². The Labute approximate surface area is 118 Å². The van der Waals surface area contributed by atoms with Crippen LogP contribution in [0.25, 0.3) is 10.8 Å². The minimum Gasteiger partial charge on any atom is -0.457 e. The van der Waals surface area contributed by atoms with Crippen molar-refractivity contribution >= 4 is 10.8 Å². The van der Waals surface area contributed by atoms with E-state index in [1.165, 1.54) is 10.8 Å². The first-order valence-electron chi connectivity index (χ1n) is 6.72. The average Bonchev–Trinajstić information content (AvgIpc) is 2.47. The van der Waals surface area contributed by atoms with Crippen molar-refractivity contribution in [3.8, 4) is 11.5 Å². The van der Waals surface area contributed by atoms with E-state index in [0.29, 0.717) is 6.54 Å². The zero-order chi connectivity index (χ0) is 13.9. The van der Waals surface area contributed by atoms with Crippen LogP contribution in [0.1, 0.15) is 11.1 Å². The second-order valence-electron chi connectivity index (χ2n) is 4.90. The van der Waals surface area contributed by atoms with Gasteiger partial charge in [-0.2, -0.15) is 0 Å². The highest BCUT2D eigenvalue weighted by Gasteiger charge is 2.02. The Bertz CT molecular complexity index is 749. The van der Waals surface area contributed by atoms with Crippen LogP contribution in [0.2, 0.25) is 0 Å². The van der Waals surface area contributed by atoms with Crippen LogP contribution >= 0.6 is 0 Å². The number of rotatable bonds is 3. The van der Waals surface area contributed by atoms with Gasteiger partial charge in [0.2, 0.25) is 0 Å². The molecule has 0 aliphatic carbocycles. The van der Waals surface area contributed by atoms with Gasteiger partial charge in [0.25, 0.3) is 0 Å². The van der Waals surface area contributed by atoms with Gasteiger partial charge in [-0.15, -0.1) is 0 Å². The fraction of sp³-hybridized carbons (Fsp3) is 0.111. The SMILES string of the molecule is Cc1cc(Oc2ccc3ccccc3c2)ccc1CN. The number of fused-ring (bicyclic) bond motifs is 1. The molecule has 0 fully saturated rings. The van der Waals surface area contributed by atoms with Crippen molar-refractivity contribution < 1.29 is 4.74 Å². The van der Waals surface area contributed by atoms with Gasteiger partial charge in [-0.05, 0) is 53.1 Å². The molecule has 2 heteroatoms. The first-order chi connectivity index (χ1) is 9.76. The quantitative estimate of drug-likeness (QED) is 0.760. The third-order valence-corrected chi connectivity index (χ3v) is 3.49. The molecule has 0 bridgehead atoms. The second-order valence-corrected chi connectivity index (χ2v) is 4.90. The predicted molar refractivity (Wildman–Crippen MR) is 83.1 cm³/mol. The summed E-state index contributed by atoms with van der Waals surface area (Å²) in [6, 6.07) is 20.4. The van der Waals surface area contributed by atoms with E-state index in [1.807, 2.05) is 36.4 Å². The van der Waals surface area contributed by atoms with E-state index in [9.17, 15) is 0 Å². The maximum absolute atomic E-state index is 5.93. The predicted octanol–water partition coefficient (Wildman–Crippen LogP) is 4.40. The molecule has 0 spiro atoms. The molecule has 3 rings (SSSR count). The standard InChI is InChI=1S/C18H17NO/c1-13-10-17(9-7-16(13)12-19)20-18-8-6-14-4-2-3-5-15(14)11-18/h2-11H,12,19H2,1H3. The normalized spacial score (nSPS) is 10.7. The van der Waals surface area contributed by atoms with E-state index in [-0.39, 0.29) is 0 Å². The van der Waals surface area contributed by atoms with Crippen LogP contribution in [-0.4, -0.2) is 0 Å². The maximum Gasteiger partial charge on any atom is 0.128 e. The second kappa shape index (κ2) is 5.35. The first kappa shape index (κ1) is 12.7. The molecule has 0 saturated heterocycles. The molecule has 0 aromatic heterocycles. The molecule has 2 N–H and O–H groups in total. The van der Waals surface area contributed by atoms with Gasteiger partial charge < -0.3 is 10.5 Å². The summed E-state index contributed by atoms with van der Waals surface area (Å²) < 4.78 is 5.93. The summed E-state index contributed by atoms with van der Waals surface area (Å²) >= 11 is 0. The molecule has 0 saturated carbocycles. The third kappa shape index (κ3) is 2.51. The van der Waals surface area contributed by atoms with Crippen LogP contribution in [0, 0.1) is 6.92 Å². The molecule has 100 valence electrons. The zero-order valence-electron chi connectivity index (χ0n) is 11.5. The molecule has 0 atom stereocenters. The number of ether oxygens (including phenoxy) is 1. The lowest BCUT2D eigenvalue weighted by Gasteiger charge is -2.09. The topological polar surface area (TPSA) is 35.2 Å². The van der Waals surface area contributed by atoms with Gasteiger partial charge in [-0.3, -0.25) is 0 Å². The lowest BCUT2D eigenvalue weighted by Crippen LogP contribution is -1.98. The molecule has 20 heavy (non-hydrogen) atoms. The van der Waals surface area contributed by atoms with Crippen molar-refractivity contribution in [2.45, 2.75) is 13.5 Å². The van der Waals surface area contributed by atoms with Crippen LogP contribution in [0.15, 0.2) is 60.7 Å². The van der Waals surface area contributed by atoms with Crippen LogP contribution in [-0.2, 0) is 6.54 Å². The smallest absolute Gasteiger partial charge is 0.128 e. The Hall–Kier alpha value is -2.32. The highest BCUT2D eigenvalue weighted by atomic mass is 16.5. The minimum atomic E-state index is 0.558. The Morgan fingerprint density at radius 1 is 0.850 bits per heavy atom. The average molecular weight is 263 g/mol. The largest absolute Gasteiger partial charge is 0.457 e. The van der Waals surface area contributed by atoms with Gasteiger partial charge in [0.05, 0.1) is 0 Å². The number of hydrogen-bond donors (Lipinski definition) is 1. The maximum atomic E-state index is 5.93. The van der Waals surface area contributed by atoms with E-state index in [2.05, 4.69) is 31.2 Å². The van der Waals surface area contributed by atoms with Gasteiger partial charge in [-0.1, -0.05) is 36.4 Å². The minimum absolute atomic E-state index is 0.558. The molecule has 0 unspecified atom stereocenters. The van der Waals surface area contributed by atoms with Crippen LogP contribution in [0.5, 0.6) is 11.5 Å². The van der Waals surface area contributed by atoms with E-state index >= 15 is 0 Å². The van der Waals surface area contributed by atoms with Crippen molar-refractivity contribution in [2.24, 2.45) is 5.73 Å². The van der Waals surface area contributed by atoms with Crippen molar-refractivity contribution in [3.63, 3.8) is 0 Å². The van der Waals surface area contributed by atoms with Gasteiger partial charge in [0, 0.05) is 6.54 Å². The monoisotopic (exact) mass is 263 g/mol. The summed E-state index contributed by atoms with van der Waals surface area (Å²) in [5.74, 6) is 1.69. The molecular weight excluding hydrogens is 246 g/mol. The molecule has 0 amide bonds. The highest BCUT2D eigenvalue weighted by Crippen LogP contribution is 2.26. The Morgan fingerprint density at radius 2 is 1.55 bits per heavy atom. The van der Waals surface area contributed by atoms with Gasteiger partial charge in [-0.25, -0.2) is 0 Å². The summed E-state index contributed by atoms with van der Waals surface area (Å²) in [7, 11) is 0. The molecule has 0 radical (unpaired) electrons. The summed E-state index contributed by atoms with van der Waals surface area (Å²) in [5, 5.41) is 2.40. The lowest BCUT2D eigenvalue weighted by molar-refractivity contribution is 0.483. The fourth-order valence-electron chi connectivity index (χ4n) is 2.33. The summed E-state index contributed by atoms with van der Waals surface area (Å²) in [5.41, 5.74) is 7.98. The first-order valence-corrected chi connectivity index (χ1v) is 6.72. The van der Waals surface area contributed by atoms with Crippen molar-refractivity contribution in [1.29, 1.82) is 0 Å². The number of aryl methyl sites for hydroxylation is 1. The highest BCUT2D eigenvalue weighted by molar-refractivity contribution is 5.83. The van der Waals surface area contributed by atoms with Crippen molar-refractivity contribution in [2.75, 3.05) is 0 Å². The van der Waals surface area contributed by atoms with Crippen LogP contribution in [0.3, 0.4) is 0 Å². The zero-order valence-corrected chi connectivity index (χ0v) is 11.5. The van der Waals surface area contributed by atoms with Crippen molar-refractivity contribution in [1.82, 2.24) is 0 Å². The van der Waals surface area contributed by atoms with Crippen LogP contribution in [0.4, 0.5) is 0 Å². The summed E-state index contributed by atoms with van der Waals surface area (Å²) in [6.45, 7) is 2.61. The van der Waals surface area contributed by atoms with Gasteiger partial charge in [0.1, 0.15) is 11.5 Å². The summed E-state index contributed by atoms with van der Waals surface area (Å²) in [6.07, 6.45) is 0. The van der Waals surface area contributed by atoms with E-state index in [4.69, 9.17) is 10.5 Å². The molecule has 0 aliphatic heterocycles.